The van der Waals surface area contributed by atoms with Crippen molar-refractivity contribution in [1.82, 2.24) is 4.98 Å². The molecule has 3 aromatic rings. The molecule has 1 heterocycles. The Morgan fingerprint density at radius 3 is 2.37 bits per heavy atom. The summed E-state index contributed by atoms with van der Waals surface area (Å²) < 4.78 is 11.7. The van der Waals surface area contributed by atoms with E-state index in [1.165, 1.54) is 0 Å². The quantitative estimate of drug-likeness (QED) is 0.588. The highest BCUT2D eigenvalue weighted by Gasteiger charge is 2.17. The van der Waals surface area contributed by atoms with Crippen molar-refractivity contribution in [1.29, 1.82) is 0 Å². The van der Waals surface area contributed by atoms with E-state index in [0.717, 1.165) is 33.8 Å². The number of aryl methyl sites for hydroxylation is 3. The van der Waals surface area contributed by atoms with Crippen LogP contribution in [-0.4, -0.2) is 29.3 Å². The molecular formula is C21H21NO4S. The zero-order valence-electron chi connectivity index (χ0n) is 15.5. The number of carboxylic acids is 1. The summed E-state index contributed by atoms with van der Waals surface area (Å²) in [6, 6.07) is 13.6. The van der Waals surface area contributed by atoms with Crippen molar-refractivity contribution in [2.45, 2.75) is 20.8 Å². The van der Waals surface area contributed by atoms with Crippen molar-refractivity contribution in [3.05, 3.63) is 64.2 Å². The normalized spacial score (nSPS) is 10.6. The van der Waals surface area contributed by atoms with Crippen LogP contribution in [0.1, 0.15) is 26.5 Å². The lowest BCUT2D eigenvalue weighted by molar-refractivity contribution is 0.0701. The zero-order valence-corrected chi connectivity index (χ0v) is 16.3. The van der Waals surface area contributed by atoms with Gasteiger partial charge in [0, 0.05) is 0 Å². The Labute approximate surface area is 162 Å². The van der Waals surface area contributed by atoms with Crippen LogP contribution in [-0.2, 0) is 0 Å². The fourth-order valence-corrected chi connectivity index (χ4v) is 3.74. The number of thiazole rings is 1. The van der Waals surface area contributed by atoms with Gasteiger partial charge >= 0.3 is 5.97 Å². The number of aromatic carboxylic acids is 1. The van der Waals surface area contributed by atoms with Gasteiger partial charge in [-0.15, -0.1) is 11.3 Å². The SMILES string of the molecule is Cc1cc(C)cc(OCCOc2ccccc2-c2nc(C)c(C(=O)O)s2)c1. The summed E-state index contributed by atoms with van der Waals surface area (Å²) in [5, 5.41) is 9.87. The van der Waals surface area contributed by atoms with Gasteiger partial charge in [-0.25, -0.2) is 9.78 Å². The highest BCUT2D eigenvalue weighted by atomic mass is 32.1. The van der Waals surface area contributed by atoms with Crippen molar-refractivity contribution in [3.8, 4) is 22.1 Å². The van der Waals surface area contributed by atoms with E-state index in [1.54, 1.807) is 6.92 Å². The van der Waals surface area contributed by atoms with Crippen LogP contribution in [0.25, 0.3) is 10.6 Å². The van der Waals surface area contributed by atoms with Crippen LogP contribution in [0.15, 0.2) is 42.5 Å². The maximum absolute atomic E-state index is 11.3. The van der Waals surface area contributed by atoms with Gasteiger partial charge in [0.2, 0.25) is 0 Å². The minimum absolute atomic E-state index is 0.248. The molecule has 27 heavy (non-hydrogen) atoms. The Morgan fingerprint density at radius 1 is 1.04 bits per heavy atom. The first kappa shape index (κ1) is 18.9. The van der Waals surface area contributed by atoms with Gasteiger partial charge in [0.05, 0.1) is 11.3 Å². The molecule has 0 radical (unpaired) electrons. The summed E-state index contributed by atoms with van der Waals surface area (Å²) in [6.45, 7) is 6.56. The average Bonchev–Trinajstić information content (AvgIpc) is 3.00. The lowest BCUT2D eigenvalue weighted by atomic mass is 10.1. The molecule has 140 valence electrons. The molecule has 1 N–H and O–H groups in total. The van der Waals surface area contributed by atoms with Crippen molar-refractivity contribution >= 4 is 17.3 Å². The Hall–Kier alpha value is -2.86. The zero-order chi connectivity index (χ0) is 19.4. The maximum Gasteiger partial charge on any atom is 0.347 e. The Kier molecular flexibility index (Phi) is 5.76. The molecule has 0 saturated heterocycles. The van der Waals surface area contributed by atoms with E-state index >= 15 is 0 Å². The highest BCUT2D eigenvalue weighted by Crippen LogP contribution is 2.34. The van der Waals surface area contributed by atoms with Gasteiger partial charge in [0.1, 0.15) is 34.6 Å². The highest BCUT2D eigenvalue weighted by molar-refractivity contribution is 7.17. The molecule has 0 aliphatic carbocycles. The minimum atomic E-state index is -0.962. The number of carboxylic acid groups (broad SMARTS) is 1. The molecule has 0 unspecified atom stereocenters. The number of para-hydroxylation sites is 1. The van der Waals surface area contributed by atoms with Crippen LogP contribution < -0.4 is 9.47 Å². The summed E-state index contributed by atoms with van der Waals surface area (Å²) in [6.07, 6.45) is 0. The van der Waals surface area contributed by atoms with Crippen LogP contribution in [0.2, 0.25) is 0 Å². The monoisotopic (exact) mass is 383 g/mol. The lowest BCUT2D eigenvalue weighted by Crippen LogP contribution is -2.09. The number of benzene rings is 2. The van der Waals surface area contributed by atoms with Gasteiger partial charge < -0.3 is 14.6 Å². The number of carbonyl (C=O) groups is 1. The van der Waals surface area contributed by atoms with Gasteiger partial charge in [-0.3, -0.25) is 0 Å². The van der Waals surface area contributed by atoms with Gasteiger partial charge in [-0.1, -0.05) is 18.2 Å². The number of hydrogen-bond acceptors (Lipinski definition) is 5. The number of hydrogen-bond donors (Lipinski definition) is 1. The first-order valence-corrected chi connectivity index (χ1v) is 9.39. The minimum Gasteiger partial charge on any atom is -0.490 e. The molecule has 3 rings (SSSR count). The molecule has 2 aromatic carbocycles. The summed E-state index contributed by atoms with van der Waals surface area (Å²) in [7, 11) is 0. The fraction of sp³-hybridized carbons (Fsp3) is 0.238. The van der Waals surface area contributed by atoms with Gasteiger partial charge in [0.25, 0.3) is 0 Å². The van der Waals surface area contributed by atoms with Crippen LogP contribution in [0.5, 0.6) is 11.5 Å². The second-order valence-electron chi connectivity index (χ2n) is 6.26. The first-order valence-electron chi connectivity index (χ1n) is 8.58. The largest absolute Gasteiger partial charge is 0.490 e. The summed E-state index contributed by atoms with van der Waals surface area (Å²) in [5.74, 6) is 0.523. The van der Waals surface area contributed by atoms with Gasteiger partial charge in [0.15, 0.2) is 0 Å². The topological polar surface area (TPSA) is 68.7 Å². The average molecular weight is 383 g/mol. The molecule has 5 nitrogen and oxygen atoms in total. The summed E-state index contributed by atoms with van der Waals surface area (Å²) in [4.78, 5) is 15.9. The van der Waals surface area contributed by atoms with Crippen molar-refractivity contribution in [2.24, 2.45) is 0 Å². The number of rotatable bonds is 7. The van der Waals surface area contributed by atoms with Crippen LogP contribution in [0.3, 0.4) is 0 Å². The molecule has 0 spiro atoms. The molecule has 1 aromatic heterocycles. The molecule has 0 atom stereocenters. The van der Waals surface area contributed by atoms with Crippen LogP contribution in [0, 0.1) is 20.8 Å². The van der Waals surface area contributed by atoms with Crippen LogP contribution in [0.4, 0.5) is 0 Å². The summed E-state index contributed by atoms with van der Waals surface area (Å²) >= 11 is 1.15. The molecule has 0 saturated carbocycles. The van der Waals surface area contributed by atoms with E-state index in [9.17, 15) is 9.90 Å². The molecule has 0 aliphatic heterocycles. The second-order valence-corrected chi connectivity index (χ2v) is 7.25. The van der Waals surface area contributed by atoms with Gasteiger partial charge in [-0.05, 0) is 56.2 Å². The number of nitrogens with zero attached hydrogens (tertiary/aromatic N) is 1. The standard InChI is InChI=1S/C21H21NO4S/c1-13-10-14(2)12-16(11-13)25-8-9-26-18-7-5-4-6-17(18)20-22-15(3)19(27-20)21(23)24/h4-7,10-12H,8-9H2,1-3H3,(H,23,24). The van der Waals surface area contributed by atoms with Crippen molar-refractivity contribution < 1.29 is 19.4 Å². The second kappa shape index (κ2) is 8.22. The molecule has 0 bridgehead atoms. The van der Waals surface area contributed by atoms with E-state index in [4.69, 9.17) is 9.47 Å². The maximum atomic E-state index is 11.3. The smallest absolute Gasteiger partial charge is 0.347 e. The third-order valence-corrected chi connectivity index (χ3v) is 5.09. The lowest BCUT2D eigenvalue weighted by Gasteiger charge is -2.11. The van der Waals surface area contributed by atoms with E-state index in [0.29, 0.717) is 29.7 Å². The van der Waals surface area contributed by atoms with E-state index < -0.39 is 5.97 Å². The Balaban J connectivity index is 1.68. The Morgan fingerprint density at radius 2 is 1.70 bits per heavy atom. The fourth-order valence-electron chi connectivity index (χ4n) is 2.81. The molecular weight excluding hydrogens is 362 g/mol. The summed E-state index contributed by atoms with van der Waals surface area (Å²) in [5.41, 5.74) is 3.61. The van der Waals surface area contributed by atoms with E-state index in [2.05, 4.69) is 11.1 Å². The number of ether oxygens (including phenoxy) is 2. The first-order chi connectivity index (χ1) is 12.9. The Bertz CT molecular complexity index is 944. The van der Waals surface area contributed by atoms with Crippen LogP contribution >= 0.6 is 11.3 Å². The van der Waals surface area contributed by atoms with Crippen molar-refractivity contribution in [2.75, 3.05) is 13.2 Å². The molecule has 0 aliphatic rings. The number of aromatic nitrogens is 1. The van der Waals surface area contributed by atoms with Gasteiger partial charge in [-0.2, -0.15) is 0 Å². The molecule has 6 heteroatoms. The third kappa shape index (κ3) is 4.65. The van der Waals surface area contributed by atoms with E-state index in [-0.39, 0.29) is 4.88 Å². The predicted octanol–water partition coefficient (Wildman–Crippen LogP) is 4.89. The van der Waals surface area contributed by atoms with Crippen molar-refractivity contribution in [3.63, 3.8) is 0 Å². The molecule has 0 amide bonds. The molecule has 0 fully saturated rings. The van der Waals surface area contributed by atoms with E-state index in [1.807, 2.05) is 50.2 Å². The predicted molar refractivity (Wildman–Crippen MR) is 106 cm³/mol. The third-order valence-electron chi connectivity index (χ3n) is 3.91.